The van der Waals surface area contributed by atoms with Gasteiger partial charge in [-0.1, -0.05) is 18.2 Å². The molecule has 1 aliphatic heterocycles. The lowest BCUT2D eigenvalue weighted by molar-refractivity contribution is -0.126. The van der Waals surface area contributed by atoms with Crippen molar-refractivity contribution in [2.45, 2.75) is 12.5 Å². The number of likely N-dealkylation sites (tertiary alicyclic amines) is 1. The van der Waals surface area contributed by atoms with E-state index in [9.17, 15) is 9.59 Å². The first-order valence-electron chi connectivity index (χ1n) is 6.79. The largest absolute Gasteiger partial charge is 0.346 e. The summed E-state index contributed by atoms with van der Waals surface area (Å²) >= 11 is 0. The number of nitrogens with zero attached hydrogens (tertiary/aromatic N) is 3. The average molecular weight is 284 g/mol. The lowest BCUT2D eigenvalue weighted by atomic mass is 10.2. The minimum absolute atomic E-state index is 0.0510. The maximum atomic E-state index is 12.1. The van der Waals surface area contributed by atoms with Gasteiger partial charge < -0.3 is 10.2 Å². The second-order valence-electron chi connectivity index (χ2n) is 5.13. The summed E-state index contributed by atoms with van der Waals surface area (Å²) in [7, 11) is 1.73. The summed E-state index contributed by atoms with van der Waals surface area (Å²) in [4.78, 5) is 25.2. The monoisotopic (exact) mass is 284 g/mol. The molecule has 2 heterocycles. The highest BCUT2D eigenvalue weighted by Crippen LogP contribution is 2.10. The number of hydrogen-bond donors (Lipinski definition) is 1. The Morgan fingerprint density at radius 1 is 1.29 bits per heavy atom. The smallest absolute Gasteiger partial charge is 0.272 e. The van der Waals surface area contributed by atoms with Crippen LogP contribution in [0.2, 0.25) is 0 Å². The molecule has 2 aromatic rings. The standard InChI is InChI=1S/C15H16N4O2/c1-18-10-11(9-14(18)20)16-15(21)13-7-8-19(17-13)12-5-3-2-4-6-12/h2-8,11H,9-10H2,1H3,(H,16,21)/t11-/m1/s1. The van der Waals surface area contributed by atoms with Gasteiger partial charge in [-0.25, -0.2) is 4.68 Å². The van der Waals surface area contributed by atoms with Crippen LogP contribution >= 0.6 is 0 Å². The highest BCUT2D eigenvalue weighted by atomic mass is 16.2. The fourth-order valence-corrected chi connectivity index (χ4v) is 2.39. The van der Waals surface area contributed by atoms with Gasteiger partial charge in [-0.2, -0.15) is 5.10 Å². The molecule has 0 bridgehead atoms. The van der Waals surface area contributed by atoms with Crippen molar-refractivity contribution in [3.63, 3.8) is 0 Å². The Bertz CT molecular complexity index is 665. The maximum absolute atomic E-state index is 12.1. The van der Waals surface area contributed by atoms with Crippen molar-refractivity contribution in [1.82, 2.24) is 20.0 Å². The van der Waals surface area contributed by atoms with Gasteiger partial charge in [0, 0.05) is 26.2 Å². The summed E-state index contributed by atoms with van der Waals surface area (Å²) < 4.78 is 1.65. The third kappa shape index (κ3) is 2.79. The first-order chi connectivity index (χ1) is 10.1. The van der Waals surface area contributed by atoms with Crippen molar-refractivity contribution in [3.8, 4) is 5.69 Å². The summed E-state index contributed by atoms with van der Waals surface area (Å²) in [6.45, 7) is 0.546. The number of amides is 2. The van der Waals surface area contributed by atoms with Crippen LogP contribution in [0, 0.1) is 0 Å². The van der Waals surface area contributed by atoms with Gasteiger partial charge in [-0.05, 0) is 18.2 Å². The molecule has 3 rings (SSSR count). The molecule has 0 radical (unpaired) electrons. The third-order valence-corrected chi connectivity index (χ3v) is 3.52. The quantitative estimate of drug-likeness (QED) is 0.908. The highest BCUT2D eigenvalue weighted by Gasteiger charge is 2.28. The van der Waals surface area contributed by atoms with Crippen LogP contribution in [0.3, 0.4) is 0 Å². The molecule has 1 aromatic heterocycles. The molecule has 1 aromatic carbocycles. The highest BCUT2D eigenvalue weighted by molar-refractivity contribution is 5.93. The summed E-state index contributed by atoms with van der Waals surface area (Å²) in [6, 6.07) is 11.1. The fourth-order valence-electron chi connectivity index (χ4n) is 2.39. The summed E-state index contributed by atoms with van der Waals surface area (Å²) in [5.41, 5.74) is 1.24. The number of nitrogens with one attached hydrogen (secondary N) is 1. The Morgan fingerprint density at radius 2 is 2.05 bits per heavy atom. The molecule has 0 spiro atoms. The molecule has 0 saturated carbocycles. The van der Waals surface area contributed by atoms with Crippen LogP contribution in [0.25, 0.3) is 5.69 Å². The van der Waals surface area contributed by atoms with Crippen molar-refractivity contribution in [2.24, 2.45) is 0 Å². The van der Waals surface area contributed by atoms with E-state index in [4.69, 9.17) is 0 Å². The van der Waals surface area contributed by atoms with Crippen molar-refractivity contribution in [1.29, 1.82) is 0 Å². The normalized spacial score (nSPS) is 18.0. The van der Waals surface area contributed by atoms with Gasteiger partial charge in [0.05, 0.1) is 11.7 Å². The van der Waals surface area contributed by atoms with Gasteiger partial charge >= 0.3 is 0 Å². The van der Waals surface area contributed by atoms with E-state index in [-0.39, 0.29) is 17.9 Å². The molecule has 0 aliphatic carbocycles. The van der Waals surface area contributed by atoms with Gasteiger partial charge in [0.2, 0.25) is 5.91 Å². The first kappa shape index (κ1) is 13.4. The Balaban J connectivity index is 1.69. The van der Waals surface area contributed by atoms with E-state index in [1.807, 2.05) is 30.3 Å². The average Bonchev–Trinajstić information content (AvgIpc) is 3.08. The predicted molar refractivity (Wildman–Crippen MR) is 77.1 cm³/mol. The minimum atomic E-state index is -0.252. The number of hydrogen-bond acceptors (Lipinski definition) is 3. The Kier molecular flexibility index (Phi) is 3.43. The zero-order valence-corrected chi connectivity index (χ0v) is 11.7. The van der Waals surface area contributed by atoms with Crippen molar-refractivity contribution in [2.75, 3.05) is 13.6 Å². The number of carbonyl (C=O) groups excluding carboxylic acids is 2. The molecule has 6 heteroatoms. The zero-order valence-electron chi connectivity index (χ0n) is 11.7. The Hall–Kier alpha value is -2.63. The number of para-hydroxylation sites is 1. The fraction of sp³-hybridized carbons (Fsp3) is 0.267. The number of likely N-dealkylation sites (N-methyl/N-ethyl adjacent to an activating group) is 1. The predicted octanol–water partition coefficient (Wildman–Crippen LogP) is 0.833. The molecule has 1 aliphatic rings. The lowest BCUT2D eigenvalue weighted by Gasteiger charge is -2.11. The van der Waals surface area contributed by atoms with Crippen molar-refractivity contribution >= 4 is 11.8 Å². The van der Waals surface area contributed by atoms with Crippen molar-refractivity contribution in [3.05, 3.63) is 48.3 Å². The van der Waals surface area contributed by atoms with Gasteiger partial charge in [0.15, 0.2) is 5.69 Å². The third-order valence-electron chi connectivity index (χ3n) is 3.52. The van der Waals surface area contributed by atoms with Gasteiger partial charge in [-0.3, -0.25) is 9.59 Å². The van der Waals surface area contributed by atoms with Crippen LogP contribution in [-0.2, 0) is 4.79 Å². The molecule has 108 valence electrons. The van der Waals surface area contributed by atoms with E-state index in [0.29, 0.717) is 18.7 Å². The number of carbonyl (C=O) groups is 2. The van der Waals surface area contributed by atoms with E-state index < -0.39 is 0 Å². The van der Waals surface area contributed by atoms with Crippen LogP contribution in [-0.4, -0.2) is 46.1 Å². The molecular formula is C15H16N4O2. The first-order valence-corrected chi connectivity index (χ1v) is 6.79. The van der Waals surface area contributed by atoms with E-state index in [2.05, 4.69) is 10.4 Å². The minimum Gasteiger partial charge on any atom is -0.346 e. The van der Waals surface area contributed by atoms with Gasteiger partial charge in [-0.15, -0.1) is 0 Å². The van der Waals surface area contributed by atoms with E-state index >= 15 is 0 Å². The molecule has 21 heavy (non-hydrogen) atoms. The lowest BCUT2D eigenvalue weighted by Crippen LogP contribution is -2.36. The molecule has 1 N–H and O–H groups in total. The van der Waals surface area contributed by atoms with Crippen LogP contribution in [0.1, 0.15) is 16.9 Å². The number of benzene rings is 1. The molecule has 6 nitrogen and oxygen atoms in total. The van der Waals surface area contributed by atoms with Crippen molar-refractivity contribution < 1.29 is 9.59 Å². The van der Waals surface area contributed by atoms with Crippen LogP contribution in [0.4, 0.5) is 0 Å². The molecule has 0 unspecified atom stereocenters. The molecule has 1 fully saturated rings. The molecule has 1 atom stereocenters. The summed E-state index contributed by atoms with van der Waals surface area (Å²) in [5, 5.41) is 7.11. The zero-order chi connectivity index (χ0) is 14.8. The Labute approximate surface area is 122 Å². The maximum Gasteiger partial charge on any atom is 0.272 e. The van der Waals surface area contributed by atoms with Crippen LogP contribution in [0.5, 0.6) is 0 Å². The SMILES string of the molecule is CN1C[C@H](NC(=O)c2ccn(-c3ccccc3)n2)CC1=O. The van der Waals surface area contributed by atoms with Crippen LogP contribution in [0.15, 0.2) is 42.6 Å². The Morgan fingerprint density at radius 3 is 2.71 bits per heavy atom. The topological polar surface area (TPSA) is 67.2 Å². The molecule has 2 amide bonds. The van der Waals surface area contributed by atoms with Gasteiger partial charge in [0.1, 0.15) is 0 Å². The second-order valence-corrected chi connectivity index (χ2v) is 5.13. The summed E-state index contributed by atoms with van der Waals surface area (Å²) in [5.74, 6) is -0.201. The van der Waals surface area contributed by atoms with Gasteiger partial charge in [0.25, 0.3) is 5.91 Å². The van der Waals surface area contributed by atoms with E-state index in [1.165, 1.54) is 0 Å². The number of rotatable bonds is 3. The van der Waals surface area contributed by atoms with Crippen LogP contribution < -0.4 is 5.32 Å². The summed E-state index contributed by atoms with van der Waals surface area (Å²) in [6.07, 6.45) is 2.10. The molecular weight excluding hydrogens is 268 g/mol. The molecule has 1 saturated heterocycles. The van der Waals surface area contributed by atoms with E-state index in [0.717, 1.165) is 5.69 Å². The van der Waals surface area contributed by atoms with E-state index in [1.54, 1.807) is 28.9 Å². The second kappa shape index (κ2) is 5.40. The number of aromatic nitrogens is 2.